The van der Waals surface area contributed by atoms with Gasteiger partial charge in [-0.3, -0.25) is 0 Å². The molecule has 0 fully saturated rings. The summed E-state index contributed by atoms with van der Waals surface area (Å²) in [6, 6.07) is 22.2. The molecule has 113 valence electrons. The molecule has 0 aliphatic rings. The minimum atomic E-state index is 0.573. The molecule has 24 heavy (non-hydrogen) atoms. The predicted molar refractivity (Wildman–Crippen MR) is 97.3 cm³/mol. The number of hydrogen-bond donors (Lipinski definition) is 1. The second-order valence-electron chi connectivity index (χ2n) is 5.78. The lowest BCUT2D eigenvalue weighted by Gasteiger charge is -2.07. The molecule has 0 aliphatic carbocycles. The minimum absolute atomic E-state index is 0.573. The summed E-state index contributed by atoms with van der Waals surface area (Å²) in [6.45, 7) is 0. The first kappa shape index (κ1) is 13.5. The molecular weight excluding hydrogens is 299 g/mol. The molecule has 1 aromatic heterocycles. The molecule has 1 heterocycles. The molecule has 5 rings (SSSR count). The number of rotatable bonds is 2. The van der Waals surface area contributed by atoms with Crippen LogP contribution in [0.15, 0.2) is 71.1 Å². The second-order valence-corrected chi connectivity index (χ2v) is 5.78. The van der Waals surface area contributed by atoms with Gasteiger partial charge in [-0.05, 0) is 16.8 Å². The summed E-state index contributed by atoms with van der Waals surface area (Å²) in [7, 11) is 0.700. The minimum Gasteiger partial charge on any atom is -0.537 e. The maximum Gasteiger partial charge on any atom is 0.569 e. The fourth-order valence-electron chi connectivity index (χ4n) is 3.49. The van der Waals surface area contributed by atoms with Crippen molar-refractivity contribution in [1.82, 2.24) is 0 Å². The average Bonchev–Trinajstić information content (AvgIpc) is 3.01. The summed E-state index contributed by atoms with van der Waals surface area (Å²) >= 11 is 0. The molecule has 0 amide bonds. The summed E-state index contributed by atoms with van der Waals surface area (Å²) in [5.41, 5.74) is 1.62. The van der Waals surface area contributed by atoms with Gasteiger partial charge in [-0.1, -0.05) is 54.6 Å². The van der Waals surface area contributed by atoms with Crippen LogP contribution in [0.5, 0.6) is 5.75 Å². The highest BCUT2D eigenvalue weighted by atomic mass is 16.5. The van der Waals surface area contributed by atoms with Crippen LogP contribution in [-0.2, 0) is 0 Å². The summed E-state index contributed by atoms with van der Waals surface area (Å²) < 4.78 is 11.5. The van der Waals surface area contributed by atoms with E-state index in [1.165, 1.54) is 0 Å². The van der Waals surface area contributed by atoms with Crippen LogP contribution in [0.1, 0.15) is 0 Å². The Morgan fingerprint density at radius 2 is 1.54 bits per heavy atom. The SMILES string of the molecule is O[B]Oc1cc2oc3c4ccccc4ccc3c2c2ccccc12. The lowest BCUT2D eigenvalue weighted by Crippen LogP contribution is -2.00. The van der Waals surface area contributed by atoms with Crippen molar-refractivity contribution in [2.45, 2.75) is 0 Å². The molecule has 0 spiro atoms. The normalized spacial score (nSPS) is 11.5. The molecule has 0 unspecified atom stereocenters. The summed E-state index contributed by atoms with van der Waals surface area (Å²) in [6.07, 6.45) is 0. The molecule has 0 saturated carbocycles. The van der Waals surface area contributed by atoms with E-state index < -0.39 is 0 Å². The lowest BCUT2D eigenvalue weighted by atomic mass is 10.0. The van der Waals surface area contributed by atoms with Gasteiger partial charge in [0.1, 0.15) is 16.9 Å². The van der Waals surface area contributed by atoms with Gasteiger partial charge in [0.05, 0.1) is 0 Å². The van der Waals surface area contributed by atoms with Crippen molar-refractivity contribution in [3.05, 3.63) is 66.7 Å². The van der Waals surface area contributed by atoms with Crippen LogP contribution in [0.4, 0.5) is 0 Å². The van der Waals surface area contributed by atoms with Crippen molar-refractivity contribution in [3.8, 4) is 5.75 Å². The standard InChI is InChI=1S/C20H12BO3/c22-21-24-17-11-18-19(15-8-4-3-7-14(15)17)16-10-9-12-5-1-2-6-13(12)20(16)23-18/h1-11,22H. The molecule has 0 bridgehead atoms. The highest BCUT2D eigenvalue weighted by Gasteiger charge is 2.15. The van der Waals surface area contributed by atoms with Crippen molar-refractivity contribution >= 4 is 51.2 Å². The largest absolute Gasteiger partial charge is 0.569 e. The molecule has 0 atom stereocenters. The number of benzene rings is 4. The smallest absolute Gasteiger partial charge is 0.537 e. The third-order valence-corrected chi connectivity index (χ3v) is 4.51. The average molecular weight is 311 g/mol. The van der Waals surface area contributed by atoms with E-state index in [0.717, 1.165) is 43.5 Å². The topological polar surface area (TPSA) is 42.6 Å². The molecule has 0 aliphatic heterocycles. The van der Waals surface area contributed by atoms with Gasteiger partial charge < -0.3 is 14.1 Å². The van der Waals surface area contributed by atoms with E-state index >= 15 is 0 Å². The number of furan rings is 1. The summed E-state index contributed by atoms with van der Waals surface area (Å²) in [5.74, 6) is 0.573. The monoisotopic (exact) mass is 311 g/mol. The maximum atomic E-state index is 9.05. The Balaban J connectivity index is 2.02. The molecule has 4 aromatic carbocycles. The van der Waals surface area contributed by atoms with Gasteiger partial charge in [-0.15, -0.1) is 0 Å². The zero-order valence-corrected chi connectivity index (χ0v) is 12.7. The van der Waals surface area contributed by atoms with E-state index in [1.807, 2.05) is 42.5 Å². The van der Waals surface area contributed by atoms with Crippen molar-refractivity contribution < 1.29 is 14.1 Å². The van der Waals surface area contributed by atoms with Gasteiger partial charge in [0.25, 0.3) is 0 Å². The molecule has 0 saturated heterocycles. The highest BCUT2D eigenvalue weighted by Crippen LogP contribution is 2.41. The van der Waals surface area contributed by atoms with Crippen LogP contribution in [0, 0.1) is 0 Å². The molecule has 5 aromatic rings. The number of hydrogen-bond acceptors (Lipinski definition) is 3. The third-order valence-electron chi connectivity index (χ3n) is 4.51. The highest BCUT2D eigenvalue weighted by molar-refractivity contribution is 6.25. The first-order chi connectivity index (χ1) is 11.9. The van der Waals surface area contributed by atoms with Crippen LogP contribution >= 0.6 is 0 Å². The molecule has 1 radical (unpaired) electrons. The van der Waals surface area contributed by atoms with Crippen LogP contribution in [0.3, 0.4) is 0 Å². The second kappa shape index (κ2) is 5.01. The summed E-state index contributed by atoms with van der Waals surface area (Å²) in [5, 5.41) is 15.4. The van der Waals surface area contributed by atoms with Gasteiger partial charge in [0.15, 0.2) is 0 Å². The number of fused-ring (bicyclic) bond motifs is 7. The van der Waals surface area contributed by atoms with Crippen molar-refractivity contribution in [2.75, 3.05) is 0 Å². The van der Waals surface area contributed by atoms with Gasteiger partial charge in [-0.2, -0.15) is 0 Å². The van der Waals surface area contributed by atoms with E-state index in [-0.39, 0.29) is 0 Å². The van der Waals surface area contributed by atoms with E-state index in [9.17, 15) is 0 Å². The molecular formula is C20H12BO3. The van der Waals surface area contributed by atoms with Crippen LogP contribution < -0.4 is 4.65 Å². The Morgan fingerprint density at radius 1 is 0.792 bits per heavy atom. The van der Waals surface area contributed by atoms with Gasteiger partial charge >= 0.3 is 7.69 Å². The summed E-state index contributed by atoms with van der Waals surface area (Å²) in [4.78, 5) is 0. The van der Waals surface area contributed by atoms with Crippen LogP contribution in [0.2, 0.25) is 0 Å². The Bertz CT molecular complexity index is 1220. The zero-order chi connectivity index (χ0) is 16.1. The van der Waals surface area contributed by atoms with E-state index in [0.29, 0.717) is 13.4 Å². The van der Waals surface area contributed by atoms with Crippen molar-refractivity contribution in [3.63, 3.8) is 0 Å². The molecule has 1 N–H and O–H groups in total. The van der Waals surface area contributed by atoms with Gasteiger partial charge in [0.2, 0.25) is 0 Å². The fraction of sp³-hybridized carbons (Fsp3) is 0. The lowest BCUT2D eigenvalue weighted by molar-refractivity contribution is 0.456. The van der Waals surface area contributed by atoms with E-state index in [2.05, 4.69) is 24.3 Å². The third kappa shape index (κ3) is 1.77. The molecule has 3 nitrogen and oxygen atoms in total. The Hall–Kier alpha value is -2.98. The maximum absolute atomic E-state index is 9.05. The van der Waals surface area contributed by atoms with Crippen LogP contribution in [-0.4, -0.2) is 12.7 Å². The Labute approximate surface area is 138 Å². The predicted octanol–water partition coefficient (Wildman–Crippen LogP) is 4.80. The van der Waals surface area contributed by atoms with Crippen molar-refractivity contribution in [1.29, 1.82) is 0 Å². The van der Waals surface area contributed by atoms with E-state index in [4.69, 9.17) is 14.1 Å². The van der Waals surface area contributed by atoms with Crippen LogP contribution in [0.25, 0.3) is 43.5 Å². The quantitative estimate of drug-likeness (QED) is 0.476. The first-order valence-corrected chi connectivity index (χ1v) is 7.75. The van der Waals surface area contributed by atoms with Gasteiger partial charge in [-0.25, -0.2) is 0 Å². The Morgan fingerprint density at radius 3 is 2.38 bits per heavy atom. The Kier molecular flexibility index (Phi) is 2.81. The van der Waals surface area contributed by atoms with E-state index in [1.54, 1.807) is 0 Å². The van der Waals surface area contributed by atoms with Crippen molar-refractivity contribution in [2.24, 2.45) is 0 Å². The molecule has 4 heteroatoms. The zero-order valence-electron chi connectivity index (χ0n) is 12.7. The van der Waals surface area contributed by atoms with Gasteiger partial charge in [0, 0.05) is 27.6 Å². The fourth-order valence-corrected chi connectivity index (χ4v) is 3.49. The first-order valence-electron chi connectivity index (χ1n) is 7.75.